The molecule has 6 atom stereocenters. The van der Waals surface area contributed by atoms with E-state index in [4.69, 9.17) is 33.2 Å². The van der Waals surface area contributed by atoms with Gasteiger partial charge in [-0.15, -0.1) is 0 Å². The normalized spacial score (nSPS) is 17.7. The van der Waals surface area contributed by atoms with E-state index in [-0.39, 0.29) is 51.7 Å². The van der Waals surface area contributed by atoms with Gasteiger partial charge in [0.25, 0.3) is 0 Å². The number of hydrogen-bond acceptors (Lipinski definition) is 14. The summed E-state index contributed by atoms with van der Waals surface area (Å²) in [4.78, 5) is 66.5. The van der Waals surface area contributed by atoms with Crippen LogP contribution in [0.5, 0.6) is 0 Å². The summed E-state index contributed by atoms with van der Waals surface area (Å²) in [5.41, 5.74) is -1.85. The quantitative estimate of drug-likeness (QED) is 0.0333. The molecule has 0 aromatic rings. The summed E-state index contributed by atoms with van der Waals surface area (Å²) in [7, 11) is 0. The molecule has 0 saturated carbocycles. The molecule has 14 nitrogen and oxygen atoms in total. The van der Waals surface area contributed by atoms with Gasteiger partial charge in [0.2, 0.25) is 0 Å². The number of aliphatic hydroxyl groups excluding tert-OH is 2. The van der Waals surface area contributed by atoms with E-state index in [1.54, 1.807) is 0 Å². The van der Waals surface area contributed by atoms with Crippen molar-refractivity contribution in [3.63, 3.8) is 0 Å². The second-order valence-corrected chi connectivity index (χ2v) is 18.4. The van der Waals surface area contributed by atoms with Crippen LogP contribution in [0.3, 0.4) is 0 Å². The zero-order valence-electron chi connectivity index (χ0n) is 42.1. The number of ether oxygens (including phenoxy) is 7. The van der Waals surface area contributed by atoms with Gasteiger partial charge in [0.1, 0.15) is 24.9 Å². The molecule has 0 aromatic carbocycles. The molecule has 2 unspecified atom stereocenters. The highest BCUT2D eigenvalue weighted by molar-refractivity contribution is 5.71. The second kappa shape index (κ2) is 40.1. The molecule has 0 bridgehead atoms. The smallest absolute Gasteiger partial charge is 0.306 e. The van der Waals surface area contributed by atoms with Crippen molar-refractivity contribution in [3.8, 4) is 0 Å². The van der Waals surface area contributed by atoms with E-state index >= 15 is 0 Å². The maximum absolute atomic E-state index is 13.6. The molecule has 1 fully saturated rings. The molecule has 1 aliphatic heterocycles. The van der Waals surface area contributed by atoms with Gasteiger partial charge in [-0.3, -0.25) is 24.0 Å². The molecule has 66 heavy (non-hydrogen) atoms. The Bertz CT molecular complexity index is 1260. The van der Waals surface area contributed by atoms with Gasteiger partial charge in [0, 0.05) is 38.5 Å². The Balaban J connectivity index is 3.63. The summed E-state index contributed by atoms with van der Waals surface area (Å²) in [5.74, 6) is -2.50. The van der Waals surface area contributed by atoms with Gasteiger partial charge < -0.3 is 43.4 Å². The van der Waals surface area contributed by atoms with E-state index in [2.05, 4.69) is 34.6 Å². The minimum absolute atomic E-state index is 0.103. The monoisotopic (exact) mass is 943 g/mol. The first-order chi connectivity index (χ1) is 32.0. The summed E-state index contributed by atoms with van der Waals surface area (Å²) in [6.45, 7) is 8.43. The third-order valence-corrected chi connectivity index (χ3v) is 12.2. The predicted octanol–water partition coefficient (Wildman–Crippen LogP) is 10.5. The van der Waals surface area contributed by atoms with E-state index in [1.807, 2.05) is 0 Å². The van der Waals surface area contributed by atoms with Crippen LogP contribution < -0.4 is 0 Å². The van der Waals surface area contributed by atoms with Crippen molar-refractivity contribution in [1.29, 1.82) is 0 Å². The van der Waals surface area contributed by atoms with Crippen LogP contribution in [0.15, 0.2) is 0 Å². The molecular formula is C52H94O14. The fourth-order valence-corrected chi connectivity index (χ4v) is 8.13. The Morgan fingerprint density at radius 1 is 0.530 bits per heavy atom. The molecule has 14 heteroatoms. The Morgan fingerprint density at radius 3 is 1.39 bits per heavy atom. The molecule has 1 rings (SSSR count). The van der Waals surface area contributed by atoms with Gasteiger partial charge in [-0.05, 0) is 32.1 Å². The van der Waals surface area contributed by atoms with Crippen LogP contribution in [0.2, 0.25) is 0 Å². The SMILES string of the molecule is CCCCCCCC(=O)OCC(CO[C@@](COC(=O)CCCCCCC)(CC(O)CO)[C@H]1OC[C@H](OC(=O)CCCCCCC)[C@H]1OC(=O)CCCCCCC)OC(=O)CCCCCCC. The molecule has 0 amide bonds. The van der Waals surface area contributed by atoms with Crippen molar-refractivity contribution in [2.75, 3.05) is 33.0 Å². The predicted molar refractivity (Wildman–Crippen MR) is 255 cm³/mol. The Hall–Kier alpha value is -2.81. The van der Waals surface area contributed by atoms with Crippen LogP contribution in [0, 0.1) is 0 Å². The maximum atomic E-state index is 13.6. The molecule has 1 heterocycles. The van der Waals surface area contributed by atoms with Gasteiger partial charge in [-0.2, -0.15) is 0 Å². The first-order valence-electron chi connectivity index (χ1n) is 26.4. The summed E-state index contributed by atoms with van der Waals surface area (Å²) in [5, 5.41) is 21.4. The Kier molecular flexibility index (Phi) is 37.2. The summed E-state index contributed by atoms with van der Waals surface area (Å²) in [6, 6.07) is 0. The molecular weight excluding hydrogens is 849 g/mol. The van der Waals surface area contributed by atoms with E-state index in [0.717, 1.165) is 128 Å². The Morgan fingerprint density at radius 2 is 0.939 bits per heavy atom. The van der Waals surface area contributed by atoms with Crippen molar-refractivity contribution in [2.45, 2.75) is 270 Å². The van der Waals surface area contributed by atoms with Gasteiger partial charge in [0.15, 0.2) is 18.3 Å². The van der Waals surface area contributed by atoms with E-state index in [1.165, 1.54) is 0 Å². The molecule has 0 aromatic heterocycles. The standard InChI is InChI=1S/C52H94O14/c1-6-11-16-21-26-31-45(55)60-38-43(64-47(57)33-28-23-18-13-8-3)39-63-52(36-42(54)37-53,41-62-46(56)32-27-22-17-12-7-2)51-50(66-49(59)35-30-25-20-15-10-5)44(40-61-51)65-48(58)34-29-24-19-14-9-4/h42-44,50-51,53-54H,6-41H2,1-5H3/t42?,43?,44-,50+,51-,52+/m0/s1. The highest BCUT2D eigenvalue weighted by atomic mass is 16.7. The number of hydrogen-bond donors (Lipinski definition) is 2. The van der Waals surface area contributed by atoms with E-state index in [9.17, 15) is 34.2 Å². The number of carbonyl (C=O) groups is 5. The van der Waals surface area contributed by atoms with Gasteiger partial charge in [-0.1, -0.05) is 163 Å². The first-order valence-corrected chi connectivity index (χ1v) is 26.4. The van der Waals surface area contributed by atoms with Gasteiger partial charge >= 0.3 is 29.8 Å². The number of unbranched alkanes of at least 4 members (excludes halogenated alkanes) is 20. The molecule has 2 N–H and O–H groups in total. The van der Waals surface area contributed by atoms with Crippen molar-refractivity contribution >= 4 is 29.8 Å². The van der Waals surface area contributed by atoms with Crippen molar-refractivity contribution in [3.05, 3.63) is 0 Å². The lowest BCUT2D eigenvalue weighted by atomic mass is 9.86. The third kappa shape index (κ3) is 29.2. The molecule has 1 saturated heterocycles. The highest BCUT2D eigenvalue weighted by Crippen LogP contribution is 2.37. The minimum atomic E-state index is -1.85. The molecule has 386 valence electrons. The topological polar surface area (TPSA) is 190 Å². The summed E-state index contributed by atoms with van der Waals surface area (Å²) < 4.78 is 42.7. The molecule has 1 aliphatic rings. The van der Waals surface area contributed by atoms with Crippen LogP contribution in [-0.4, -0.2) is 109 Å². The first kappa shape index (κ1) is 61.2. The second-order valence-electron chi connectivity index (χ2n) is 18.4. The lowest BCUT2D eigenvalue weighted by molar-refractivity contribution is -0.218. The minimum Gasteiger partial charge on any atom is -0.462 e. The number of rotatable bonds is 44. The number of aliphatic hydroxyl groups is 2. The van der Waals surface area contributed by atoms with Crippen LogP contribution in [0.1, 0.15) is 234 Å². The Labute approximate surface area is 399 Å². The molecule has 0 radical (unpaired) electrons. The van der Waals surface area contributed by atoms with Crippen LogP contribution in [0.25, 0.3) is 0 Å². The van der Waals surface area contributed by atoms with Crippen molar-refractivity contribution in [1.82, 2.24) is 0 Å². The average Bonchev–Trinajstić information content (AvgIpc) is 3.69. The fourth-order valence-electron chi connectivity index (χ4n) is 8.13. The fraction of sp³-hybridized carbons (Fsp3) is 0.904. The largest absolute Gasteiger partial charge is 0.462 e. The van der Waals surface area contributed by atoms with Gasteiger partial charge in [0.05, 0.1) is 25.9 Å². The molecule has 0 spiro atoms. The molecule has 0 aliphatic carbocycles. The lowest BCUT2D eigenvalue weighted by Gasteiger charge is -2.41. The van der Waals surface area contributed by atoms with E-state index < -0.39 is 85.8 Å². The van der Waals surface area contributed by atoms with Crippen LogP contribution in [-0.2, 0) is 57.1 Å². The summed E-state index contributed by atoms with van der Waals surface area (Å²) in [6.07, 6.45) is 17.1. The van der Waals surface area contributed by atoms with E-state index in [0.29, 0.717) is 32.1 Å². The average molecular weight is 943 g/mol. The maximum Gasteiger partial charge on any atom is 0.306 e. The van der Waals surface area contributed by atoms with Crippen LogP contribution in [0.4, 0.5) is 0 Å². The zero-order valence-corrected chi connectivity index (χ0v) is 42.1. The van der Waals surface area contributed by atoms with Crippen molar-refractivity contribution in [2.24, 2.45) is 0 Å². The number of carbonyl (C=O) groups excluding carboxylic acids is 5. The lowest BCUT2D eigenvalue weighted by Crippen LogP contribution is -2.58. The summed E-state index contributed by atoms with van der Waals surface area (Å²) >= 11 is 0. The van der Waals surface area contributed by atoms with Crippen molar-refractivity contribution < 1.29 is 67.3 Å². The highest BCUT2D eigenvalue weighted by Gasteiger charge is 2.56. The van der Waals surface area contributed by atoms with Gasteiger partial charge in [-0.25, -0.2) is 0 Å². The number of esters is 5. The van der Waals surface area contributed by atoms with Crippen LogP contribution >= 0.6 is 0 Å². The third-order valence-electron chi connectivity index (χ3n) is 12.2. The zero-order chi connectivity index (χ0) is 48.7.